The number of hydrogen-bond donors (Lipinski definition) is 1. The van der Waals surface area contributed by atoms with Crippen molar-refractivity contribution in [3.8, 4) is 0 Å². The van der Waals surface area contributed by atoms with Crippen LogP contribution in [0.2, 0.25) is 0 Å². The van der Waals surface area contributed by atoms with Crippen LogP contribution in [0.4, 0.5) is 4.39 Å². The van der Waals surface area contributed by atoms with Gasteiger partial charge in [0.25, 0.3) is 0 Å². The third kappa shape index (κ3) is 2.44. The van der Waals surface area contributed by atoms with Crippen molar-refractivity contribution in [3.63, 3.8) is 0 Å². The fourth-order valence-corrected chi connectivity index (χ4v) is 2.24. The molecule has 2 rings (SSSR count). The third-order valence-corrected chi connectivity index (χ3v) is 3.74. The molecule has 0 amide bonds. The summed E-state index contributed by atoms with van der Waals surface area (Å²) < 4.78 is 20.0. The second-order valence-corrected chi connectivity index (χ2v) is 5.01. The molecule has 0 aliphatic carbocycles. The first-order valence-electron chi connectivity index (χ1n) is 5.33. The molecule has 2 unspecified atom stereocenters. The van der Waals surface area contributed by atoms with Gasteiger partial charge in [0.2, 0.25) is 0 Å². The van der Waals surface area contributed by atoms with Gasteiger partial charge in [-0.25, -0.2) is 4.39 Å². The number of hydrogen-bond acceptors (Lipinski definition) is 2. The maximum absolute atomic E-state index is 13.8. The predicted octanol–water partition coefficient (Wildman–Crippen LogP) is 3.11. The summed E-state index contributed by atoms with van der Waals surface area (Å²) in [5.74, 6) is -0.281. The molecule has 1 aromatic carbocycles. The second-order valence-electron chi connectivity index (χ2n) is 4.16. The van der Waals surface area contributed by atoms with E-state index >= 15 is 0 Å². The molecule has 1 aromatic rings. The number of halogens is 2. The number of benzene rings is 1. The lowest BCUT2D eigenvalue weighted by Gasteiger charge is -2.27. The van der Waals surface area contributed by atoms with E-state index in [2.05, 4.69) is 15.9 Å². The molecule has 1 fully saturated rings. The summed E-state index contributed by atoms with van der Waals surface area (Å²) in [5.41, 5.74) is 1.51. The highest BCUT2D eigenvalue weighted by Crippen LogP contribution is 2.32. The Bertz CT molecular complexity index is 395. The Morgan fingerprint density at radius 3 is 2.94 bits per heavy atom. The topological polar surface area (TPSA) is 29.5 Å². The standard InChI is InChI=1S/C12H14BrFO2/c1-7-4-9(11(14)6-10(7)13)12-5-8(15)2-3-16-12/h4,6,8,12,15H,2-3,5H2,1H3. The molecule has 1 N–H and O–H groups in total. The first-order chi connectivity index (χ1) is 7.58. The van der Waals surface area contributed by atoms with Gasteiger partial charge < -0.3 is 9.84 Å². The summed E-state index contributed by atoms with van der Waals surface area (Å²) in [6.45, 7) is 2.40. The Labute approximate surface area is 103 Å². The molecule has 0 saturated carbocycles. The van der Waals surface area contributed by atoms with Crippen molar-refractivity contribution in [1.29, 1.82) is 0 Å². The van der Waals surface area contributed by atoms with E-state index in [9.17, 15) is 9.50 Å². The molecule has 0 bridgehead atoms. The molecule has 4 heteroatoms. The van der Waals surface area contributed by atoms with Crippen LogP contribution in [0.3, 0.4) is 0 Å². The van der Waals surface area contributed by atoms with Gasteiger partial charge in [-0.15, -0.1) is 0 Å². The smallest absolute Gasteiger partial charge is 0.130 e. The van der Waals surface area contributed by atoms with Gasteiger partial charge in [0, 0.05) is 23.1 Å². The van der Waals surface area contributed by atoms with Gasteiger partial charge >= 0.3 is 0 Å². The average Bonchev–Trinajstić information content (AvgIpc) is 2.23. The predicted molar refractivity (Wildman–Crippen MR) is 62.8 cm³/mol. The lowest BCUT2D eigenvalue weighted by Crippen LogP contribution is -2.24. The second kappa shape index (κ2) is 4.82. The van der Waals surface area contributed by atoms with Gasteiger partial charge in [-0.1, -0.05) is 15.9 Å². The normalized spacial score (nSPS) is 25.8. The van der Waals surface area contributed by atoms with Crippen molar-refractivity contribution in [2.75, 3.05) is 6.61 Å². The van der Waals surface area contributed by atoms with Crippen LogP contribution < -0.4 is 0 Å². The summed E-state index contributed by atoms with van der Waals surface area (Å²) in [5, 5.41) is 9.54. The fraction of sp³-hybridized carbons (Fsp3) is 0.500. The van der Waals surface area contributed by atoms with Crippen molar-refractivity contribution < 1.29 is 14.2 Å². The van der Waals surface area contributed by atoms with Crippen molar-refractivity contribution >= 4 is 15.9 Å². The van der Waals surface area contributed by atoms with Gasteiger partial charge in [-0.2, -0.15) is 0 Å². The molecule has 0 radical (unpaired) electrons. The molecular weight excluding hydrogens is 275 g/mol. The maximum atomic E-state index is 13.8. The van der Waals surface area contributed by atoms with Crippen molar-refractivity contribution in [2.45, 2.75) is 32.0 Å². The monoisotopic (exact) mass is 288 g/mol. The summed E-state index contributed by atoms with van der Waals surface area (Å²) in [6, 6.07) is 3.23. The Morgan fingerprint density at radius 2 is 2.25 bits per heavy atom. The Hall–Kier alpha value is -0.450. The van der Waals surface area contributed by atoms with Crippen LogP contribution in [0.1, 0.15) is 30.1 Å². The SMILES string of the molecule is Cc1cc(C2CC(O)CCO2)c(F)cc1Br. The molecular formula is C12H14BrFO2. The largest absolute Gasteiger partial charge is 0.393 e. The molecule has 88 valence electrons. The summed E-state index contributed by atoms with van der Waals surface area (Å²) in [4.78, 5) is 0. The van der Waals surface area contributed by atoms with Gasteiger partial charge in [-0.3, -0.25) is 0 Å². The number of aliphatic hydroxyl groups is 1. The molecule has 2 nitrogen and oxygen atoms in total. The zero-order chi connectivity index (χ0) is 11.7. The lowest BCUT2D eigenvalue weighted by atomic mass is 9.98. The third-order valence-electron chi connectivity index (χ3n) is 2.88. The average molecular weight is 289 g/mol. The van der Waals surface area contributed by atoms with E-state index in [1.807, 2.05) is 6.92 Å². The molecule has 1 heterocycles. The van der Waals surface area contributed by atoms with Crippen molar-refractivity contribution in [1.82, 2.24) is 0 Å². The highest BCUT2D eigenvalue weighted by atomic mass is 79.9. The minimum atomic E-state index is -0.387. The quantitative estimate of drug-likeness (QED) is 0.860. The summed E-state index contributed by atoms with van der Waals surface area (Å²) in [7, 11) is 0. The Morgan fingerprint density at radius 1 is 1.50 bits per heavy atom. The van der Waals surface area contributed by atoms with Crippen LogP contribution in [0.5, 0.6) is 0 Å². The lowest BCUT2D eigenvalue weighted by molar-refractivity contribution is -0.0461. The Balaban J connectivity index is 2.29. The van der Waals surface area contributed by atoms with E-state index in [4.69, 9.17) is 4.74 Å². The highest BCUT2D eigenvalue weighted by molar-refractivity contribution is 9.10. The van der Waals surface area contributed by atoms with Crippen LogP contribution >= 0.6 is 15.9 Å². The number of rotatable bonds is 1. The minimum Gasteiger partial charge on any atom is -0.393 e. The zero-order valence-electron chi connectivity index (χ0n) is 9.04. The van der Waals surface area contributed by atoms with E-state index in [1.165, 1.54) is 6.07 Å². The molecule has 16 heavy (non-hydrogen) atoms. The molecule has 1 aliphatic heterocycles. The van der Waals surface area contributed by atoms with E-state index in [-0.39, 0.29) is 18.0 Å². The van der Waals surface area contributed by atoms with E-state index in [1.54, 1.807) is 6.07 Å². The van der Waals surface area contributed by atoms with Crippen LogP contribution in [-0.4, -0.2) is 17.8 Å². The van der Waals surface area contributed by atoms with Crippen LogP contribution in [0, 0.1) is 12.7 Å². The van der Waals surface area contributed by atoms with Crippen molar-refractivity contribution in [3.05, 3.63) is 33.5 Å². The van der Waals surface area contributed by atoms with Gasteiger partial charge in [-0.05, 0) is 31.0 Å². The molecule has 1 aliphatic rings. The van der Waals surface area contributed by atoms with Crippen LogP contribution in [0.15, 0.2) is 16.6 Å². The van der Waals surface area contributed by atoms with Gasteiger partial charge in [0.05, 0.1) is 12.2 Å². The number of ether oxygens (including phenoxy) is 1. The maximum Gasteiger partial charge on any atom is 0.130 e. The molecule has 2 atom stereocenters. The first kappa shape index (κ1) is 12.0. The van der Waals surface area contributed by atoms with Gasteiger partial charge in [0.1, 0.15) is 5.82 Å². The molecule has 1 saturated heterocycles. The zero-order valence-corrected chi connectivity index (χ0v) is 10.6. The summed E-state index contributed by atoms with van der Waals surface area (Å²) >= 11 is 3.29. The van der Waals surface area contributed by atoms with E-state index < -0.39 is 0 Å². The fourth-order valence-electron chi connectivity index (χ4n) is 1.92. The summed E-state index contributed by atoms with van der Waals surface area (Å²) in [6.07, 6.45) is 0.392. The minimum absolute atomic E-state index is 0.281. The Kier molecular flexibility index (Phi) is 3.62. The number of aryl methyl sites for hydroxylation is 1. The van der Waals surface area contributed by atoms with E-state index in [0.717, 1.165) is 10.0 Å². The van der Waals surface area contributed by atoms with Gasteiger partial charge in [0.15, 0.2) is 0 Å². The molecule has 0 spiro atoms. The van der Waals surface area contributed by atoms with Crippen LogP contribution in [-0.2, 0) is 4.74 Å². The molecule has 0 aromatic heterocycles. The van der Waals surface area contributed by atoms with Crippen LogP contribution in [0.25, 0.3) is 0 Å². The highest BCUT2D eigenvalue weighted by Gasteiger charge is 2.25. The first-order valence-corrected chi connectivity index (χ1v) is 6.12. The number of aliphatic hydroxyl groups excluding tert-OH is 1. The van der Waals surface area contributed by atoms with Crippen molar-refractivity contribution in [2.24, 2.45) is 0 Å². The van der Waals surface area contributed by atoms with E-state index in [0.29, 0.717) is 25.0 Å².